The van der Waals surface area contributed by atoms with Crippen molar-refractivity contribution in [2.24, 2.45) is 0 Å². The number of anilines is 1. The fourth-order valence-corrected chi connectivity index (χ4v) is 5.11. The van der Waals surface area contributed by atoms with E-state index in [0.29, 0.717) is 11.9 Å². The van der Waals surface area contributed by atoms with Gasteiger partial charge in [0.05, 0.1) is 15.7 Å². The first-order valence-electron chi connectivity index (χ1n) is 8.96. The Labute approximate surface area is 169 Å². The van der Waals surface area contributed by atoms with E-state index >= 15 is 0 Å². The average molecular weight is 443 g/mol. The van der Waals surface area contributed by atoms with Gasteiger partial charge in [-0.25, -0.2) is 9.97 Å². The number of pyridine rings is 1. The Morgan fingerprint density at radius 2 is 2.07 bits per heavy atom. The lowest BCUT2D eigenvalue weighted by Crippen LogP contribution is -2.29. The maximum absolute atomic E-state index is 6.00. The Bertz CT molecular complexity index is 1140. The molecule has 8 heteroatoms. The molecule has 0 radical (unpaired) electrons. The number of thiophene rings is 1. The first-order chi connectivity index (χ1) is 13.1. The molecule has 0 aromatic carbocycles. The largest absolute Gasteiger partial charge is 0.368 e. The van der Waals surface area contributed by atoms with Crippen LogP contribution in [-0.2, 0) is 0 Å². The second-order valence-electron chi connectivity index (χ2n) is 7.10. The number of aromatic nitrogens is 4. The van der Waals surface area contributed by atoms with Crippen LogP contribution < -0.4 is 5.73 Å². The average Bonchev–Trinajstić information content (AvgIpc) is 3.26. The summed E-state index contributed by atoms with van der Waals surface area (Å²) in [5.41, 5.74) is 9.33. The van der Waals surface area contributed by atoms with Crippen molar-refractivity contribution in [2.45, 2.75) is 18.8 Å². The number of hydrogen-bond acceptors (Lipinski definition) is 6. The van der Waals surface area contributed by atoms with Crippen LogP contribution in [-0.4, -0.2) is 44.6 Å². The molecule has 1 aliphatic heterocycles. The van der Waals surface area contributed by atoms with Gasteiger partial charge in [-0.3, -0.25) is 4.57 Å². The molecular weight excluding hydrogens is 424 g/mol. The quantitative estimate of drug-likeness (QED) is 0.471. The predicted molar refractivity (Wildman–Crippen MR) is 114 cm³/mol. The summed E-state index contributed by atoms with van der Waals surface area (Å²) in [5.74, 6) is 1.67. The molecule has 1 fully saturated rings. The van der Waals surface area contributed by atoms with Gasteiger partial charge in [-0.1, -0.05) is 0 Å². The fraction of sp³-hybridized carbons (Fsp3) is 0.316. The summed E-state index contributed by atoms with van der Waals surface area (Å²) in [6.07, 6.45) is 6.52. The Balaban J connectivity index is 1.75. The molecule has 27 heavy (non-hydrogen) atoms. The van der Waals surface area contributed by atoms with E-state index in [1.807, 2.05) is 17.6 Å². The molecule has 0 spiro atoms. The molecule has 5 rings (SSSR count). The second-order valence-corrected chi connectivity index (χ2v) is 8.83. The third-order valence-corrected chi connectivity index (χ3v) is 6.71. The molecule has 0 bridgehead atoms. The maximum Gasteiger partial charge on any atom is 0.222 e. The highest BCUT2D eigenvalue weighted by atomic mass is 79.9. The monoisotopic (exact) mass is 442 g/mol. The topological polar surface area (TPSA) is 72.9 Å². The zero-order chi connectivity index (χ0) is 18.5. The zero-order valence-electron chi connectivity index (χ0n) is 14.9. The van der Waals surface area contributed by atoms with Crippen molar-refractivity contribution in [3.8, 4) is 5.82 Å². The second kappa shape index (κ2) is 6.54. The van der Waals surface area contributed by atoms with Crippen LogP contribution in [0.3, 0.4) is 0 Å². The Hall–Kier alpha value is -2.03. The van der Waals surface area contributed by atoms with Crippen LogP contribution in [0.25, 0.3) is 26.9 Å². The highest BCUT2D eigenvalue weighted by molar-refractivity contribution is 9.10. The summed E-state index contributed by atoms with van der Waals surface area (Å²) in [5, 5.41) is 3.22. The molecule has 138 valence electrons. The van der Waals surface area contributed by atoms with Crippen LogP contribution >= 0.6 is 27.3 Å². The van der Waals surface area contributed by atoms with Gasteiger partial charge in [0.15, 0.2) is 5.82 Å². The summed E-state index contributed by atoms with van der Waals surface area (Å²) in [6.45, 7) is 2.24. The van der Waals surface area contributed by atoms with Crippen molar-refractivity contribution in [3.05, 3.63) is 40.1 Å². The van der Waals surface area contributed by atoms with Gasteiger partial charge in [-0.2, -0.15) is 4.98 Å². The van der Waals surface area contributed by atoms with Crippen LogP contribution in [0.1, 0.15) is 24.3 Å². The summed E-state index contributed by atoms with van der Waals surface area (Å²) in [4.78, 5) is 15.8. The maximum atomic E-state index is 6.00. The number of likely N-dealkylation sites (tertiary alicyclic amines) is 1. The van der Waals surface area contributed by atoms with E-state index in [9.17, 15) is 0 Å². The molecule has 0 amide bonds. The molecule has 1 saturated heterocycles. The number of piperidine rings is 1. The van der Waals surface area contributed by atoms with Crippen molar-refractivity contribution >= 4 is 54.3 Å². The summed E-state index contributed by atoms with van der Waals surface area (Å²) in [6, 6.07) is 4.05. The third-order valence-electron chi connectivity index (χ3n) is 5.38. The van der Waals surface area contributed by atoms with Gasteiger partial charge >= 0.3 is 0 Å². The molecule has 0 atom stereocenters. The Kier molecular flexibility index (Phi) is 4.14. The number of nitrogens with zero attached hydrogens (tertiary/aromatic N) is 5. The van der Waals surface area contributed by atoms with Gasteiger partial charge in [0.2, 0.25) is 5.95 Å². The lowest BCUT2D eigenvalue weighted by molar-refractivity contribution is 0.256. The van der Waals surface area contributed by atoms with Gasteiger partial charge in [0.25, 0.3) is 0 Å². The molecule has 0 unspecified atom stereocenters. The Morgan fingerprint density at radius 3 is 2.89 bits per heavy atom. The summed E-state index contributed by atoms with van der Waals surface area (Å²) in [7, 11) is 2.19. The molecule has 4 aromatic heterocycles. The van der Waals surface area contributed by atoms with E-state index in [1.165, 1.54) is 10.9 Å². The minimum Gasteiger partial charge on any atom is -0.368 e. The van der Waals surface area contributed by atoms with Gasteiger partial charge in [-0.15, -0.1) is 11.3 Å². The summed E-state index contributed by atoms with van der Waals surface area (Å²) < 4.78 is 4.02. The van der Waals surface area contributed by atoms with Crippen LogP contribution in [0.5, 0.6) is 0 Å². The number of nitrogens with two attached hydrogens (primary N) is 1. The first-order valence-corrected chi connectivity index (χ1v) is 10.6. The lowest BCUT2D eigenvalue weighted by Gasteiger charge is -2.28. The SMILES string of the molecule is CN1CCC(c2cn(-c3nc(N)nc4ccsc34)c3cc(Br)ncc23)CC1. The standard InChI is InChI=1S/C19H19BrN6S/c1-25-5-2-11(3-6-25)13-10-26(15-8-16(20)22-9-12(13)15)18-17-14(4-7-27-17)23-19(21)24-18/h4,7-11H,2-3,5-6H2,1H3,(H2,21,23,24). The van der Waals surface area contributed by atoms with Crippen LogP contribution in [0, 0.1) is 0 Å². The van der Waals surface area contributed by atoms with E-state index in [1.54, 1.807) is 11.3 Å². The molecule has 4 aromatic rings. The molecule has 0 saturated carbocycles. The number of hydrogen-bond donors (Lipinski definition) is 1. The van der Waals surface area contributed by atoms with Gasteiger partial charge in [-0.05, 0) is 77.9 Å². The molecule has 1 aliphatic rings. The smallest absolute Gasteiger partial charge is 0.222 e. The number of rotatable bonds is 2. The van der Waals surface area contributed by atoms with Gasteiger partial charge in [0, 0.05) is 17.8 Å². The van der Waals surface area contributed by atoms with E-state index in [4.69, 9.17) is 5.73 Å². The van der Waals surface area contributed by atoms with Crippen molar-refractivity contribution in [3.63, 3.8) is 0 Å². The van der Waals surface area contributed by atoms with Crippen molar-refractivity contribution in [2.75, 3.05) is 25.9 Å². The van der Waals surface area contributed by atoms with Crippen LogP contribution in [0.4, 0.5) is 5.95 Å². The lowest BCUT2D eigenvalue weighted by atomic mass is 9.90. The van der Waals surface area contributed by atoms with Crippen LogP contribution in [0.2, 0.25) is 0 Å². The fourth-order valence-electron chi connectivity index (χ4n) is 3.97. The van der Waals surface area contributed by atoms with Crippen molar-refractivity contribution < 1.29 is 0 Å². The number of fused-ring (bicyclic) bond motifs is 2. The van der Waals surface area contributed by atoms with E-state index in [2.05, 4.69) is 59.7 Å². The summed E-state index contributed by atoms with van der Waals surface area (Å²) >= 11 is 5.16. The molecule has 5 heterocycles. The number of halogens is 1. The van der Waals surface area contributed by atoms with E-state index < -0.39 is 0 Å². The molecule has 2 N–H and O–H groups in total. The molecule has 6 nitrogen and oxygen atoms in total. The van der Waals surface area contributed by atoms with E-state index in [-0.39, 0.29) is 0 Å². The third kappa shape index (κ3) is 2.92. The van der Waals surface area contributed by atoms with Gasteiger partial charge < -0.3 is 10.6 Å². The van der Waals surface area contributed by atoms with Crippen LogP contribution in [0.15, 0.2) is 34.5 Å². The van der Waals surface area contributed by atoms with Gasteiger partial charge in [0.1, 0.15) is 4.60 Å². The number of nitrogen functional groups attached to an aromatic ring is 1. The normalized spacial score (nSPS) is 16.5. The zero-order valence-corrected chi connectivity index (χ0v) is 17.3. The molecular formula is C19H19BrN6S. The van der Waals surface area contributed by atoms with E-state index in [0.717, 1.165) is 52.1 Å². The van der Waals surface area contributed by atoms with Crippen molar-refractivity contribution in [1.29, 1.82) is 0 Å². The highest BCUT2D eigenvalue weighted by Crippen LogP contribution is 2.37. The minimum absolute atomic E-state index is 0.298. The Morgan fingerprint density at radius 1 is 1.26 bits per heavy atom. The molecule has 0 aliphatic carbocycles. The minimum atomic E-state index is 0.298. The predicted octanol–water partition coefficient (Wildman–Crippen LogP) is 4.18. The highest BCUT2D eigenvalue weighted by Gasteiger charge is 2.24. The van der Waals surface area contributed by atoms with Crippen molar-refractivity contribution in [1.82, 2.24) is 24.4 Å². The first kappa shape index (κ1) is 17.1.